The number of piperazine rings is 1. The first-order valence-electron chi connectivity index (χ1n) is 9.38. The molecule has 0 bridgehead atoms. The molecule has 0 aliphatic carbocycles. The van der Waals surface area contributed by atoms with E-state index in [0.29, 0.717) is 42.7 Å². The first-order chi connectivity index (χ1) is 13.9. The van der Waals surface area contributed by atoms with Gasteiger partial charge in [-0.3, -0.25) is 4.79 Å². The summed E-state index contributed by atoms with van der Waals surface area (Å²) in [6, 6.07) is 10.9. The first kappa shape index (κ1) is 19.4. The van der Waals surface area contributed by atoms with Crippen LogP contribution in [-0.2, 0) is 4.79 Å². The van der Waals surface area contributed by atoms with Gasteiger partial charge >= 0.3 is 6.03 Å². The molecule has 0 spiro atoms. The SMILES string of the molecule is Cc1ccc(Cl)cc1N1C(=O)CC(N2CCN(c3ccc(F)cc3)CC2)=NC1=O. The molecule has 1 fully saturated rings. The van der Waals surface area contributed by atoms with Gasteiger partial charge < -0.3 is 9.80 Å². The highest BCUT2D eigenvalue weighted by Gasteiger charge is 2.33. The van der Waals surface area contributed by atoms with Gasteiger partial charge in [0.2, 0.25) is 5.91 Å². The van der Waals surface area contributed by atoms with Crippen LogP contribution in [0.4, 0.5) is 20.6 Å². The van der Waals surface area contributed by atoms with E-state index in [9.17, 15) is 14.0 Å². The summed E-state index contributed by atoms with van der Waals surface area (Å²) in [5.41, 5.74) is 2.20. The van der Waals surface area contributed by atoms with Crippen LogP contribution in [0.5, 0.6) is 0 Å². The molecular weight excluding hydrogens is 395 g/mol. The minimum absolute atomic E-state index is 0.0637. The molecule has 150 valence electrons. The average Bonchev–Trinajstić information content (AvgIpc) is 2.71. The van der Waals surface area contributed by atoms with Crippen molar-refractivity contribution in [3.05, 3.63) is 58.9 Å². The smallest absolute Gasteiger partial charge is 0.356 e. The van der Waals surface area contributed by atoms with E-state index >= 15 is 0 Å². The van der Waals surface area contributed by atoms with Gasteiger partial charge in [0.15, 0.2) is 0 Å². The van der Waals surface area contributed by atoms with E-state index in [2.05, 4.69) is 9.89 Å². The van der Waals surface area contributed by atoms with E-state index in [1.54, 1.807) is 30.3 Å². The van der Waals surface area contributed by atoms with E-state index in [4.69, 9.17) is 11.6 Å². The van der Waals surface area contributed by atoms with Gasteiger partial charge in [0.25, 0.3) is 0 Å². The fraction of sp³-hybridized carbons (Fsp3) is 0.286. The Bertz CT molecular complexity index is 985. The van der Waals surface area contributed by atoms with Crippen LogP contribution in [0.3, 0.4) is 0 Å². The molecule has 4 rings (SSSR count). The van der Waals surface area contributed by atoms with Crippen molar-refractivity contribution >= 4 is 40.7 Å². The zero-order chi connectivity index (χ0) is 20.5. The Kier molecular flexibility index (Phi) is 5.24. The number of aryl methyl sites for hydroxylation is 1. The lowest BCUT2D eigenvalue weighted by Gasteiger charge is -2.39. The maximum atomic E-state index is 13.1. The van der Waals surface area contributed by atoms with Crippen LogP contribution in [0, 0.1) is 12.7 Å². The van der Waals surface area contributed by atoms with Crippen molar-refractivity contribution in [1.82, 2.24) is 4.90 Å². The molecule has 0 atom stereocenters. The van der Waals surface area contributed by atoms with E-state index in [1.807, 2.05) is 11.8 Å². The topological polar surface area (TPSA) is 56.2 Å². The maximum absolute atomic E-state index is 13.1. The lowest BCUT2D eigenvalue weighted by molar-refractivity contribution is -0.117. The predicted molar refractivity (Wildman–Crippen MR) is 111 cm³/mol. The summed E-state index contributed by atoms with van der Waals surface area (Å²) in [4.78, 5) is 34.8. The predicted octanol–water partition coefficient (Wildman–Crippen LogP) is 3.86. The zero-order valence-electron chi connectivity index (χ0n) is 15.9. The number of nitrogens with zero attached hydrogens (tertiary/aromatic N) is 4. The number of carbonyl (C=O) groups is 2. The Morgan fingerprint density at radius 3 is 2.28 bits per heavy atom. The normalized spacial score (nSPS) is 17.6. The molecule has 0 radical (unpaired) electrons. The molecule has 6 nitrogen and oxygen atoms in total. The van der Waals surface area contributed by atoms with Crippen LogP contribution in [0.2, 0.25) is 5.02 Å². The van der Waals surface area contributed by atoms with Crippen molar-refractivity contribution in [2.24, 2.45) is 4.99 Å². The Hall–Kier alpha value is -2.93. The third-order valence-electron chi connectivity index (χ3n) is 5.22. The summed E-state index contributed by atoms with van der Waals surface area (Å²) < 4.78 is 13.1. The number of benzene rings is 2. The molecule has 2 heterocycles. The molecule has 3 amide bonds. The van der Waals surface area contributed by atoms with Crippen LogP contribution in [0.15, 0.2) is 47.5 Å². The molecule has 0 saturated carbocycles. The van der Waals surface area contributed by atoms with Crippen molar-refractivity contribution in [1.29, 1.82) is 0 Å². The molecule has 2 aliphatic heterocycles. The minimum Gasteiger partial charge on any atom is -0.368 e. The quantitative estimate of drug-likeness (QED) is 0.748. The van der Waals surface area contributed by atoms with Gasteiger partial charge in [-0.1, -0.05) is 17.7 Å². The van der Waals surface area contributed by atoms with E-state index in [1.165, 1.54) is 12.1 Å². The summed E-state index contributed by atoms with van der Waals surface area (Å²) in [7, 11) is 0. The highest BCUT2D eigenvalue weighted by molar-refractivity contribution is 6.31. The second-order valence-corrected chi connectivity index (χ2v) is 7.53. The summed E-state index contributed by atoms with van der Waals surface area (Å²) in [6.07, 6.45) is 0.0637. The molecular formula is C21H20ClFN4O2. The second kappa shape index (κ2) is 7.83. The van der Waals surface area contributed by atoms with Crippen molar-refractivity contribution in [3.8, 4) is 0 Å². The van der Waals surface area contributed by atoms with Crippen molar-refractivity contribution in [2.45, 2.75) is 13.3 Å². The van der Waals surface area contributed by atoms with Crippen LogP contribution >= 0.6 is 11.6 Å². The number of urea groups is 1. The highest BCUT2D eigenvalue weighted by Crippen LogP contribution is 2.28. The van der Waals surface area contributed by atoms with Crippen LogP contribution in [-0.4, -0.2) is 48.9 Å². The molecule has 1 saturated heterocycles. The number of amidine groups is 1. The number of hydrogen-bond donors (Lipinski definition) is 0. The van der Waals surface area contributed by atoms with Gasteiger partial charge in [0.1, 0.15) is 11.7 Å². The van der Waals surface area contributed by atoms with Gasteiger partial charge in [0, 0.05) is 36.9 Å². The number of hydrogen-bond acceptors (Lipinski definition) is 4. The average molecular weight is 415 g/mol. The fourth-order valence-electron chi connectivity index (χ4n) is 3.64. The second-order valence-electron chi connectivity index (χ2n) is 7.10. The Balaban J connectivity index is 1.47. The summed E-state index contributed by atoms with van der Waals surface area (Å²) in [5.74, 6) is -0.0820. The minimum atomic E-state index is -0.595. The zero-order valence-corrected chi connectivity index (χ0v) is 16.7. The number of anilines is 2. The van der Waals surface area contributed by atoms with Gasteiger partial charge in [-0.2, -0.15) is 4.99 Å². The Morgan fingerprint density at radius 2 is 1.62 bits per heavy atom. The Morgan fingerprint density at radius 1 is 0.966 bits per heavy atom. The largest absolute Gasteiger partial charge is 0.368 e. The maximum Gasteiger partial charge on any atom is 0.356 e. The molecule has 0 N–H and O–H groups in total. The number of imide groups is 1. The number of aliphatic imine (C=N–C) groups is 1. The summed E-state index contributed by atoms with van der Waals surface area (Å²) >= 11 is 6.04. The number of rotatable bonds is 2. The monoisotopic (exact) mass is 414 g/mol. The number of halogens is 2. The van der Waals surface area contributed by atoms with Crippen LogP contribution < -0.4 is 9.80 Å². The number of amides is 3. The molecule has 0 aromatic heterocycles. The molecule has 2 aliphatic rings. The van der Waals surface area contributed by atoms with Crippen molar-refractivity contribution in [3.63, 3.8) is 0 Å². The van der Waals surface area contributed by atoms with E-state index in [0.717, 1.165) is 16.2 Å². The van der Waals surface area contributed by atoms with Gasteiger partial charge in [0.05, 0.1) is 12.1 Å². The van der Waals surface area contributed by atoms with E-state index in [-0.39, 0.29) is 18.1 Å². The molecule has 2 aromatic carbocycles. The molecule has 8 heteroatoms. The molecule has 2 aromatic rings. The first-order valence-corrected chi connectivity index (χ1v) is 9.76. The number of carbonyl (C=O) groups excluding carboxylic acids is 2. The summed E-state index contributed by atoms with van der Waals surface area (Å²) in [5, 5.41) is 0.456. The fourth-order valence-corrected chi connectivity index (χ4v) is 3.81. The van der Waals surface area contributed by atoms with E-state index < -0.39 is 6.03 Å². The van der Waals surface area contributed by atoms with Gasteiger partial charge in [-0.25, -0.2) is 14.1 Å². The third kappa shape index (κ3) is 3.96. The lowest BCUT2D eigenvalue weighted by atomic mass is 10.1. The van der Waals surface area contributed by atoms with Crippen molar-refractivity contribution in [2.75, 3.05) is 36.0 Å². The van der Waals surface area contributed by atoms with Gasteiger partial charge in [-0.15, -0.1) is 0 Å². The lowest BCUT2D eigenvalue weighted by Crippen LogP contribution is -2.52. The molecule has 29 heavy (non-hydrogen) atoms. The summed E-state index contributed by atoms with van der Waals surface area (Å²) in [6.45, 7) is 4.48. The standard InChI is InChI=1S/C21H20ClFN4O2/c1-14-2-3-15(22)12-18(14)27-20(28)13-19(24-21(27)29)26-10-8-25(9-11-26)17-6-4-16(23)5-7-17/h2-7,12H,8-11,13H2,1H3. The highest BCUT2D eigenvalue weighted by atomic mass is 35.5. The van der Waals surface area contributed by atoms with Crippen molar-refractivity contribution < 1.29 is 14.0 Å². The van der Waals surface area contributed by atoms with Gasteiger partial charge in [-0.05, 0) is 48.9 Å². The van der Waals surface area contributed by atoms with Crippen LogP contribution in [0.1, 0.15) is 12.0 Å². The molecule has 0 unspecified atom stereocenters. The third-order valence-corrected chi connectivity index (χ3v) is 5.46. The Labute approximate surface area is 173 Å². The van der Waals surface area contributed by atoms with Crippen LogP contribution in [0.25, 0.3) is 0 Å².